The number of benzene rings is 1. The van der Waals surface area contributed by atoms with E-state index in [1.807, 2.05) is 51.1 Å². The van der Waals surface area contributed by atoms with Crippen molar-refractivity contribution in [3.63, 3.8) is 0 Å². The maximum atomic E-state index is 11.7. The van der Waals surface area contributed by atoms with Gasteiger partial charge in [0, 0.05) is 12.0 Å². The number of hydrogen-bond donors (Lipinski definition) is 0. The quantitative estimate of drug-likeness (QED) is 0.785. The summed E-state index contributed by atoms with van der Waals surface area (Å²) in [4.78, 5) is 11.7. The predicted octanol–water partition coefficient (Wildman–Crippen LogP) is 2.35. The van der Waals surface area contributed by atoms with E-state index in [1.54, 1.807) is 0 Å². The second-order valence-electron chi connectivity index (χ2n) is 4.38. The molecule has 17 heavy (non-hydrogen) atoms. The molecule has 4 nitrogen and oxygen atoms in total. The van der Waals surface area contributed by atoms with Gasteiger partial charge in [0.1, 0.15) is 0 Å². The molecular weight excluding hydrogens is 216 g/mol. The molecule has 0 aliphatic carbocycles. The highest BCUT2D eigenvalue weighted by molar-refractivity contribution is 5.96. The van der Waals surface area contributed by atoms with Crippen LogP contribution >= 0.6 is 0 Å². The van der Waals surface area contributed by atoms with E-state index < -0.39 is 5.72 Å². The van der Waals surface area contributed by atoms with Crippen molar-refractivity contribution in [1.29, 1.82) is 0 Å². The number of rotatable bonds is 2. The van der Waals surface area contributed by atoms with Crippen LogP contribution < -0.4 is 0 Å². The Labute approximate surface area is 101 Å². The van der Waals surface area contributed by atoms with E-state index in [9.17, 15) is 4.79 Å². The van der Waals surface area contributed by atoms with Gasteiger partial charge in [-0.05, 0) is 26.0 Å². The summed E-state index contributed by atoms with van der Waals surface area (Å²) in [5.74, 6) is 0.457. The highest BCUT2D eigenvalue weighted by Crippen LogP contribution is 2.26. The van der Waals surface area contributed by atoms with Crippen molar-refractivity contribution in [2.75, 3.05) is 0 Å². The van der Waals surface area contributed by atoms with Crippen LogP contribution in [0.1, 0.15) is 32.8 Å². The molecule has 0 N–H and O–H groups in total. The smallest absolute Gasteiger partial charge is 0.246 e. The molecule has 0 bridgehead atoms. The molecule has 1 aromatic carbocycles. The maximum Gasteiger partial charge on any atom is 0.246 e. The van der Waals surface area contributed by atoms with Crippen LogP contribution in [0, 0.1) is 0 Å². The van der Waals surface area contributed by atoms with Crippen LogP contribution in [0.15, 0.2) is 35.4 Å². The van der Waals surface area contributed by atoms with Gasteiger partial charge in [-0.2, -0.15) is 5.01 Å². The minimum Gasteiger partial charge on any atom is -0.448 e. The highest BCUT2D eigenvalue weighted by atomic mass is 16.5. The normalized spacial score (nSPS) is 17.6. The summed E-state index contributed by atoms with van der Waals surface area (Å²) < 4.78 is 5.73. The first-order valence-electron chi connectivity index (χ1n) is 5.70. The number of carbonyl (C=O) groups is 1. The Balaban J connectivity index is 2.31. The van der Waals surface area contributed by atoms with Crippen LogP contribution in [0.4, 0.5) is 0 Å². The van der Waals surface area contributed by atoms with Gasteiger partial charge < -0.3 is 4.74 Å². The Morgan fingerprint density at radius 3 is 2.59 bits per heavy atom. The van der Waals surface area contributed by atoms with E-state index in [0.29, 0.717) is 12.3 Å². The number of hydrazone groups is 1. The molecule has 0 radical (unpaired) electrons. The summed E-state index contributed by atoms with van der Waals surface area (Å²) in [5.41, 5.74) is 0.171. The van der Waals surface area contributed by atoms with Gasteiger partial charge in [-0.25, -0.2) is 0 Å². The second kappa shape index (κ2) is 4.20. The first kappa shape index (κ1) is 11.6. The molecule has 1 heterocycles. The van der Waals surface area contributed by atoms with Gasteiger partial charge in [0.2, 0.25) is 17.5 Å². The zero-order valence-electron chi connectivity index (χ0n) is 10.3. The first-order valence-corrected chi connectivity index (χ1v) is 5.70. The van der Waals surface area contributed by atoms with E-state index in [-0.39, 0.29) is 5.91 Å². The molecule has 1 aliphatic heterocycles. The van der Waals surface area contributed by atoms with Crippen LogP contribution in [0.2, 0.25) is 0 Å². The van der Waals surface area contributed by atoms with Crippen molar-refractivity contribution in [1.82, 2.24) is 5.01 Å². The summed E-state index contributed by atoms with van der Waals surface area (Å²) in [6.07, 6.45) is 0.415. The molecule has 1 aliphatic rings. The molecule has 0 saturated heterocycles. The number of ether oxygens (including phenoxy) is 1. The Morgan fingerprint density at radius 2 is 2.00 bits per heavy atom. The summed E-state index contributed by atoms with van der Waals surface area (Å²) in [5, 5.41) is 5.67. The number of amides is 1. The second-order valence-corrected chi connectivity index (χ2v) is 4.38. The molecule has 2 rings (SSSR count). The molecule has 0 fully saturated rings. The van der Waals surface area contributed by atoms with Gasteiger partial charge in [0.15, 0.2) is 0 Å². The van der Waals surface area contributed by atoms with Crippen LogP contribution in [-0.2, 0) is 9.53 Å². The molecule has 1 amide bonds. The monoisotopic (exact) mass is 232 g/mol. The number of hydrogen-bond acceptors (Lipinski definition) is 3. The zero-order valence-corrected chi connectivity index (χ0v) is 10.3. The lowest BCUT2D eigenvalue weighted by Gasteiger charge is -2.26. The van der Waals surface area contributed by atoms with Gasteiger partial charge in [-0.1, -0.05) is 25.1 Å². The van der Waals surface area contributed by atoms with E-state index in [1.165, 1.54) is 5.01 Å². The molecular formula is C13H16N2O2. The third-order valence-corrected chi connectivity index (χ3v) is 2.61. The average molecular weight is 232 g/mol. The van der Waals surface area contributed by atoms with Crippen LogP contribution in [0.3, 0.4) is 0 Å². The van der Waals surface area contributed by atoms with Crippen molar-refractivity contribution in [3.8, 4) is 0 Å². The predicted molar refractivity (Wildman–Crippen MR) is 65.3 cm³/mol. The van der Waals surface area contributed by atoms with Gasteiger partial charge in [-0.15, -0.1) is 5.10 Å². The Morgan fingerprint density at radius 1 is 1.35 bits per heavy atom. The molecule has 0 unspecified atom stereocenters. The van der Waals surface area contributed by atoms with Crippen molar-refractivity contribution in [2.45, 2.75) is 32.9 Å². The van der Waals surface area contributed by atoms with Gasteiger partial charge in [0.25, 0.3) is 0 Å². The number of carbonyl (C=O) groups excluding carboxylic acids is 1. The number of nitrogens with zero attached hydrogens (tertiary/aromatic N) is 2. The van der Waals surface area contributed by atoms with Gasteiger partial charge in [-0.3, -0.25) is 4.79 Å². The molecule has 1 aromatic rings. The minimum absolute atomic E-state index is 0.0408. The Hall–Kier alpha value is -1.84. The SMILES string of the molecule is CCC(=O)N1N=C(c2ccccc2)OC1(C)C. The van der Waals surface area contributed by atoms with Crippen molar-refractivity contribution >= 4 is 11.8 Å². The summed E-state index contributed by atoms with van der Waals surface area (Å²) >= 11 is 0. The van der Waals surface area contributed by atoms with E-state index in [4.69, 9.17) is 4.74 Å². The average Bonchev–Trinajstić information content (AvgIpc) is 2.65. The van der Waals surface area contributed by atoms with Crippen LogP contribution in [-0.4, -0.2) is 22.5 Å². The minimum atomic E-state index is -0.710. The van der Waals surface area contributed by atoms with Crippen molar-refractivity contribution in [2.24, 2.45) is 5.10 Å². The molecule has 0 atom stereocenters. The largest absolute Gasteiger partial charge is 0.448 e. The lowest BCUT2D eigenvalue weighted by atomic mass is 10.2. The Kier molecular flexibility index (Phi) is 2.88. The fourth-order valence-electron chi connectivity index (χ4n) is 1.71. The van der Waals surface area contributed by atoms with Crippen LogP contribution in [0.25, 0.3) is 0 Å². The lowest BCUT2D eigenvalue weighted by molar-refractivity contribution is -0.144. The molecule has 0 aromatic heterocycles. The first-order chi connectivity index (χ1) is 8.04. The van der Waals surface area contributed by atoms with E-state index >= 15 is 0 Å². The summed E-state index contributed by atoms with van der Waals surface area (Å²) in [6, 6.07) is 9.58. The highest BCUT2D eigenvalue weighted by Gasteiger charge is 2.39. The maximum absolute atomic E-state index is 11.7. The van der Waals surface area contributed by atoms with Crippen LogP contribution in [0.5, 0.6) is 0 Å². The van der Waals surface area contributed by atoms with E-state index in [2.05, 4.69) is 5.10 Å². The molecule has 4 heteroatoms. The fourth-order valence-corrected chi connectivity index (χ4v) is 1.71. The Bertz CT molecular complexity index is 452. The molecule has 90 valence electrons. The fraction of sp³-hybridized carbons (Fsp3) is 0.385. The third-order valence-electron chi connectivity index (χ3n) is 2.61. The molecule has 0 spiro atoms. The summed E-state index contributed by atoms with van der Waals surface area (Å²) in [6.45, 7) is 5.48. The zero-order chi connectivity index (χ0) is 12.5. The summed E-state index contributed by atoms with van der Waals surface area (Å²) in [7, 11) is 0. The van der Waals surface area contributed by atoms with Crippen molar-refractivity contribution in [3.05, 3.63) is 35.9 Å². The lowest BCUT2D eigenvalue weighted by Crippen LogP contribution is -2.41. The van der Waals surface area contributed by atoms with Gasteiger partial charge >= 0.3 is 0 Å². The third kappa shape index (κ3) is 2.16. The molecule has 0 saturated carbocycles. The van der Waals surface area contributed by atoms with Gasteiger partial charge in [0.05, 0.1) is 0 Å². The van der Waals surface area contributed by atoms with Crippen molar-refractivity contribution < 1.29 is 9.53 Å². The van der Waals surface area contributed by atoms with E-state index in [0.717, 1.165) is 5.56 Å². The standard InChI is InChI=1S/C13H16N2O2/c1-4-11(16)15-13(2,3)17-12(14-15)10-8-6-5-7-9-10/h5-9H,4H2,1-3H3. The topological polar surface area (TPSA) is 41.9 Å².